The first-order chi connectivity index (χ1) is 21.7. The maximum absolute atomic E-state index is 14.4. The Morgan fingerprint density at radius 1 is 0.822 bits per heavy atom. The Balaban J connectivity index is 1.76. The molecular weight excluding hydrogens is 610 g/mol. The van der Waals surface area contributed by atoms with Gasteiger partial charge in [-0.15, -0.1) is 0 Å². The normalized spacial score (nSPS) is 11.8. The van der Waals surface area contributed by atoms with Gasteiger partial charge in [0.2, 0.25) is 11.8 Å². The van der Waals surface area contributed by atoms with Crippen LogP contribution in [0.1, 0.15) is 31.4 Å². The second kappa shape index (κ2) is 16.1. The average molecular weight is 648 g/mol. The summed E-state index contributed by atoms with van der Waals surface area (Å²) < 4.78 is 34.8. The number of hydrogen-bond acceptors (Lipinski definition) is 5. The predicted molar refractivity (Wildman–Crippen MR) is 178 cm³/mol. The van der Waals surface area contributed by atoms with Crippen molar-refractivity contribution in [2.24, 2.45) is 0 Å². The van der Waals surface area contributed by atoms with E-state index in [1.165, 1.54) is 17.0 Å². The molecule has 0 aromatic heterocycles. The van der Waals surface area contributed by atoms with Gasteiger partial charge in [-0.3, -0.25) is 13.9 Å². The molecule has 0 unspecified atom stereocenters. The minimum Gasteiger partial charge on any atom is -0.494 e. The number of rotatable bonds is 15. The van der Waals surface area contributed by atoms with Crippen molar-refractivity contribution in [1.29, 1.82) is 0 Å². The average Bonchev–Trinajstić information content (AvgIpc) is 3.06. The molecule has 45 heavy (non-hydrogen) atoms. The third kappa shape index (κ3) is 9.09. The summed E-state index contributed by atoms with van der Waals surface area (Å²) in [5.41, 5.74) is 1.93. The van der Waals surface area contributed by atoms with E-state index in [4.69, 9.17) is 16.3 Å². The Morgan fingerprint density at radius 2 is 1.44 bits per heavy atom. The summed E-state index contributed by atoms with van der Waals surface area (Å²) >= 11 is 6.13. The minimum atomic E-state index is -4.20. The Bertz CT molecular complexity index is 1630. The number of nitrogens with one attached hydrogen (secondary N) is 1. The molecule has 236 valence electrons. The van der Waals surface area contributed by atoms with Gasteiger partial charge >= 0.3 is 0 Å². The van der Waals surface area contributed by atoms with Crippen LogP contribution >= 0.6 is 11.6 Å². The number of anilines is 1. The molecule has 0 heterocycles. The minimum absolute atomic E-state index is 0.00776. The van der Waals surface area contributed by atoms with Gasteiger partial charge < -0.3 is 15.0 Å². The number of hydrogen-bond donors (Lipinski definition) is 1. The smallest absolute Gasteiger partial charge is 0.264 e. The van der Waals surface area contributed by atoms with Crippen LogP contribution in [0.2, 0.25) is 5.02 Å². The number of carbonyl (C=O) groups is 2. The SMILES string of the molecule is CCCNC(=O)[C@@H](Cc1ccccc1)N(Cc1ccc(Cl)cc1)C(=O)CN(c1ccccc1)S(=O)(=O)c1ccc(OCC)cc1. The van der Waals surface area contributed by atoms with Crippen molar-refractivity contribution in [3.63, 3.8) is 0 Å². The van der Waals surface area contributed by atoms with Crippen LogP contribution in [0.15, 0.2) is 114 Å². The first-order valence-electron chi connectivity index (χ1n) is 14.9. The molecule has 0 aliphatic carbocycles. The van der Waals surface area contributed by atoms with Crippen LogP contribution in [0.5, 0.6) is 5.75 Å². The van der Waals surface area contributed by atoms with Gasteiger partial charge in [0, 0.05) is 24.5 Å². The largest absolute Gasteiger partial charge is 0.494 e. The van der Waals surface area contributed by atoms with E-state index >= 15 is 0 Å². The molecule has 1 N–H and O–H groups in total. The van der Waals surface area contributed by atoms with Crippen molar-refractivity contribution in [3.8, 4) is 5.75 Å². The first kappa shape index (κ1) is 33.6. The van der Waals surface area contributed by atoms with Crippen molar-refractivity contribution in [2.75, 3.05) is 24.0 Å². The molecule has 4 rings (SSSR count). The van der Waals surface area contributed by atoms with Gasteiger partial charge in [-0.05, 0) is 73.0 Å². The number of carbonyl (C=O) groups excluding carboxylic acids is 2. The highest BCUT2D eigenvalue weighted by molar-refractivity contribution is 7.92. The molecule has 0 fully saturated rings. The van der Waals surface area contributed by atoms with Crippen molar-refractivity contribution in [3.05, 3.63) is 125 Å². The highest BCUT2D eigenvalue weighted by atomic mass is 35.5. The molecular formula is C35H38ClN3O5S. The number of amides is 2. The van der Waals surface area contributed by atoms with E-state index < -0.39 is 28.5 Å². The lowest BCUT2D eigenvalue weighted by molar-refractivity contribution is -0.140. The Labute approximate surface area is 270 Å². The topological polar surface area (TPSA) is 96.0 Å². The molecule has 8 nitrogen and oxygen atoms in total. The van der Waals surface area contributed by atoms with Crippen molar-refractivity contribution in [1.82, 2.24) is 10.2 Å². The molecule has 0 spiro atoms. The second-order valence-electron chi connectivity index (χ2n) is 10.4. The first-order valence-corrected chi connectivity index (χ1v) is 16.7. The second-order valence-corrected chi connectivity index (χ2v) is 12.7. The quantitative estimate of drug-likeness (QED) is 0.168. The molecule has 0 saturated heterocycles. The van der Waals surface area contributed by atoms with Crippen molar-refractivity contribution < 1.29 is 22.7 Å². The zero-order valence-corrected chi connectivity index (χ0v) is 27.0. The van der Waals surface area contributed by atoms with Crippen molar-refractivity contribution >= 4 is 39.1 Å². The molecule has 0 saturated carbocycles. The number of para-hydroxylation sites is 1. The maximum atomic E-state index is 14.4. The van der Waals surface area contributed by atoms with Gasteiger partial charge in [0.1, 0.15) is 18.3 Å². The zero-order valence-electron chi connectivity index (χ0n) is 25.4. The van der Waals surface area contributed by atoms with Crippen LogP contribution in [0.4, 0.5) is 5.69 Å². The molecule has 0 aliphatic rings. The van der Waals surface area contributed by atoms with Gasteiger partial charge in [-0.2, -0.15) is 0 Å². The molecule has 4 aromatic rings. The highest BCUT2D eigenvalue weighted by Gasteiger charge is 2.34. The monoisotopic (exact) mass is 647 g/mol. The maximum Gasteiger partial charge on any atom is 0.264 e. The third-order valence-electron chi connectivity index (χ3n) is 7.13. The van der Waals surface area contributed by atoms with Gasteiger partial charge in [0.25, 0.3) is 10.0 Å². The Morgan fingerprint density at radius 3 is 2.04 bits per heavy atom. The van der Waals surface area contributed by atoms with Crippen LogP contribution in [0, 0.1) is 0 Å². The Hall–Kier alpha value is -4.34. The molecule has 4 aromatic carbocycles. The molecule has 2 amide bonds. The predicted octanol–water partition coefficient (Wildman–Crippen LogP) is 6.10. The van der Waals surface area contributed by atoms with E-state index in [9.17, 15) is 18.0 Å². The van der Waals surface area contributed by atoms with Gasteiger partial charge in [-0.25, -0.2) is 8.42 Å². The summed E-state index contributed by atoms with van der Waals surface area (Å²) in [5, 5.41) is 3.48. The number of halogens is 1. The fourth-order valence-corrected chi connectivity index (χ4v) is 6.37. The number of ether oxygens (including phenoxy) is 1. The highest BCUT2D eigenvalue weighted by Crippen LogP contribution is 2.26. The lowest BCUT2D eigenvalue weighted by Crippen LogP contribution is -2.53. The van der Waals surface area contributed by atoms with E-state index in [0.717, 1.165) is 21.9 Å². The van der Waals surface area contributed by atoms with Gasteiger partial charge in [0.15, 0.2) is 0 Å². The van der Waals surface area contributed by atoms with E-state index in [1.807, 2.05) is 44.2 Å². The van der Waals surface area contributed by atoms with Gasteiger partial charge in [0.05, 0.1) is 17.2 Å². The summed E-state index contributed by atoms with van der Waals surface area (Å²) in [6, 6.07) is 30.1. The molecule has 10 heteroatoms. The zero-order chi connectivity index (χ0) is 32.2. The standard InChI is InChI=1S/C35H38ClN3O5S/c1-3-23-37-35(41)33(24-27-11-7-5-8-12-27)38(25-28-15-17-29(36)18-16-28)34(40)26-39(30-13-9-6-10-14-30)45(42,43)32-21-19-31(20-22-32)44-4-2/h5-22,33H,3-4,23-26H2,1-2H3,(H,37,41)/t33-/m1/s1. The van der Waals surface area contributed by atoms with E-state index in [2.05, 4.69) is 5.32 Å². The Kier molecular flexibility index (Phi) is 12.0. The summed E-state index contributed by atoms with van der Waals surface area (Å²) in [6.07, 6.45) is 0.962. The van der Waals surface area contributed by atoms with Crippen molar-refractivity contribution in [2.45, 2.75) is 44.2 Å². The molecule has 0 aliphatic heterocycles. The van der Waals surface area contributed by atoms with Gasteiger partial charge in [-0.1, -0.05) is 79.2 Å². The number of benzene rings is 4. The van der Waals surface area contributed by atoms with Crippen LogP contribution in [-0.2, 0) is 32.6 Å². The lowest BCUT2D eigenvalue weighted by atomic mass is 10.0. The number of nitrogens with zero attached hydrogens (tertiary/aromatic N) is 2. The molecule has 0 radical (unpaired) electrons. The van der Waals surface area contributed by atoms with Crippen LogP contribution in [-0.4, -0.2) is 50.9 Å². The van der Waals surface area contributed by atoms with Crippen LogP contribution in [0.3, 0.4) is 0 Å². The van der Waals surface area contributed by atoms with Crippen LogP contribution in [0.25, 0.3) is 0 Å². The fourth-order valence-electron chi connectivity index (χ4n) is 4.83. The third-order valence-corrected chi connectivity index (χ3v) is 9.17. The fraction of sp³-hybridized carbons (Fsp3) is 0.257. The molecule has 1 atom stereocenters. The number of sulfonamides is 1. The lowest BCUT2D eigenvalue weighted by Gasteiger charge is -2.34. The molecule has 0 bridgehead atoms. The summed E-state index contributed by atoms with van der Waals surface area (Å²) in [6.45, 7) is 4.22. The summed E-state index contributed by atoms with van der Waals surface area (Å²) in [7, 11) is -4.20. The van der Waals surface area contributed by atoms with Crippen LogP contribution < -0.4 is 14.4 Å². The van der Waals surface area contributed by atoms with E-state index in [1.54, 1.807) is 66.7 Å². The summed E-state index contributed by atoms with van der Waals surface area (Å²) in [4.78, 5) is 29.6. The van der Waals surface area contributed by atoms with E-state index in [-0.39, 0.29) is 23.8 Å². The summed E-state index contributed by atoms with van der Waals surface area (Å²) in [5.74, 6) is -0.311. The van der Waals surface area contributed by atoms with E-state index in [0.29, 0.717) is 29.6 Å².